The number of aliphatic hydroxyl groups is 1. The van der Waals surface area contributed by atoms with Gasteiger partial charge in [-0.3, -0.25) is 0 Å². The molecule has 0 bridgehead atoms. The molecule has 7 nitrogen and oxygen atoms in total. The molecule has 0 atom stereocenters. The molecule has 0 amide bonds. The summed E-state index contributed by atoms with van der Waals surface area (Å²) in [7, 11) is 0. The summed E-state index contributed by atoms with van der Waals surface area (Å²) in [5, 5.41) is 10.8. The van der Waals surface area contributed by atoms with Gasteiger partial charge in [0.2, 0.25) is 0 Å². The Bertz CT molecular complexity index is 745. The fraction of sp³-hybridized carbons (Fsp3) is 0.381. The monoisotopic (exact) mass is 390 g/mol. The second kappa shape index (κ2) is 12.7. The maximum Gasteiger partial charge on any atom is 0.330 e. The summed E-state index contributed by atoms with van der Waals surface area (Å²) in [6.07, 6.45) is 1.11. The van der Waals surface area contributed by atoms with Gasteiger partial charge in [0.1, 0.15) is 31.3 Å². The Kier molecular flexibility index (Phi) is 9.85. The molecule has 0 aromatic heterocycles. The Hall–Kier alpha value is -2.61. The van der Waals surface area contributed by atoms with Gasteiger partial charge in [0.05, 0.1) is 33.0 Å². The molecule has 152 valence electrons. The molecule has 0 aliphatic carbocycles. The highest BCUT2D eigenvalue weighted by Crippen LogP contribution is 2.33. The molecule has 0 aliphatic heterocycles. The van der Waals surface area contributed by atoms with E-state index in [1.807, 2.05) is 36.4 Å². The summed E-state index contributed by atoms with van der Waals surface area (Å²) in [4.78, 5) is 10.8. The van der Waals surface area contributed by atoms with Crippen LogP contribution in [0.5, 0.6) is 11.5 Å². The van der Waals surface area contributed by atoms with Crippen LogP contribution >= 0.6 is 0 Å². The lowest BCUT2D eigenvalue weighted by Crippen LogP contribution is -2.13. The molecule has 0 saturated heterocycles. The minimum absolute atomic E-state index is 0.0341. The zero-order chi connectivity index (χ0) is 20.0. The van der Waals surface area contributed by atoms with Gasteiger partial charge in [0.15, 0.2) is 0 Å². The van der Waals surface area contributed by atoms with Gasteiger partial charge in [-0.25, -0.2) is 4.79 Å². The van der Waals surface area contributed by atoms with Crippen molar-refractivity contribution in [1.29, 1.82) is 0 Å². The molecule has 0 saturated carbocycles. The van der Waals surface area contributed by atoms with Crippen molar-refractivity contribution in [1.82, 2.24) is 0 Å². The van der Waals surface area contributed by atoms with Gasteiger partial charge in [-0.15, -0.1) is 0 Å². The Balaban J connectivity index is 1.67. The first-order valence-corrected chi connectivity index (χ1v) is 9.09. The van der Waals surface area contributed by atoms with Crippen LogP contribution in [0, 0.1) is 0 Å². The predicted octanol–water partition coefficient (Wildman–Crippen LogP) is 2.35. The fourth-order valence-electron chi connectivity index (χ4n) is 2.44. The van der Waals surface area contributed by atoms with Gasteiger partial charge in [-0.1, -0.05) is 30.8 Å². The van der Waals surface area contributed by atoms with Crippen LogP contribution in [-0.4, -0.2) is 63.9 Å². The zero-order valence-electron chi connectivity index (χ0n) is 15.8. The number of carbonyl (C=O) groups is 1. The smallest absolute Gasteiger partial charge is 0.330 e. The molecule has 0 unspecified atom stereocenters. The number of hydrogen-bond donors (Lipinski definition) is 1. The highest BCUT2D eigenvalue weighted by molar-refractivity contribution is 5.93. The lowest BCUT2D eigenvalue weighted by molar-refractivity contribution is -0.139. The molecule has 2 aromatic carbocycles. The Morgan fingerprint density at radius 3 is 1.93 bits per heavy atom. The highest BCUT2D eigenvalue weighted by Gasteiger charge is 2.07. The van der Waals surface area contributed by atoms with Crippen LogP contribution in [0.4, 0.5) is 0 Å². The van der Waals surface area contributed by atoms with E-state index in [2.05, 4.69) is 6.58 Å². The second-order valence-corrected chi connectivity index (χ2v) is 5.62. The summed E-state index contributed by atoms with van der Waals surface area (Å²) in [5.74, 6) is 0.998. The number of carbonyl (C=O) groups excluding carboxylic acids is 1. The van der Waals surface area contributed by atoms with Gasteiger partial charge in [-0.2, -0.15) is 0 Å². The van der Waals surface area contributed by atoms with Crippen LogP contribution in [0.25, 0.3) is 10.8 Å². The molecule has 1 N–H and O–H groups in total. The van der Waals surface area contributed by atoms with Crippen LogP contribution in [-0.2, 0) is 19.0 Å². The van der Waals surface area contributed by atoms with Crippen LogP contribution in [0.15, 0.2) is 49.1 Å². The normalized spacial score (nSPS) is 10.6. The summed E-state index contributed by atoms with van der Waals surface area (Å²) < 4.78 is 26.9. The predicted molar refractivity (Wildman–Crippen MR) is 105 cm³/mol. The number of hydrogen-bond acceptors (Lipinski definition) is 7. The quantitative estimate of drug-likeness (QED) is 0.301. The number of ether oxygens (including phenoxy) is 5. The topological polar surface area (TPSA) is 83.5 Å². The summed E-state index contributed by atoms with van der Waals surface area (Å²) in [6, 6.07) is 11.5. The number of esters is 1. The van der Waals surface area contributed by atoms with E-state index in [1.165, 1.54) is 0 Å². The molecule has 7 heteroatoms. The second-order valence-electron chi connectivity index (χ2n) is 5.62. The van der Waals surface area contributed by atoms with E-state index < -0.39 is 5.97 Å². The molecule has 0 aliphatic rings. The van der Waals surface area contributed by atoms with E-state index in [-0.39, 0.29) is 19.8 Å². The SMILES string of the molecule is C=CC(=O)OCCOCCOCCOc1ccc(OCCO)c2ccccc12. The molecule has 0 heterocycles. The molecule has 0 radical (unpaired) electrons. The van der Waals surface area contributed by atoms with Crippen molar-refractivity contribution in [2.24, 2.45) is 0 Å². The highest BCUT2D eigenvalue weighted by atomic mass is 16.6. The van der Waals surface area contributed by atoms with Gasteiger partial charge in [0.25, 0.3) is 0 Å². The van der Waals surface area contributed by atoms with Gasteiger partial charge >= 0.3 is 5.97 Å². The van der Waals surface area contributed by atoms with Crippen molar-refractivity contribution in [3.63, 3.8) is 0 Å². The number of fused-ring (bicyclic) bond motifs is 1. The first-order chi connectivity index (χ1) is 13.8. The molecule has 2 aromatic rings. The van der Waals surface area contributed by atoms with Gasteiger partial charge < -0.3 is 28.8 Å². The van der Waals surface area contributed by atoms with Gasteiger partial charge in [-0.05, 0) is 12.1 Å². The lowest BCUT2D eigenvalue weighted by Gasteiger charge is -2.13. The lowest BCUT2D eigenvalue weighted by atomic mass is 10.1. The minimum Gasteiger partial charge on any atom is -0.491 e. The standard InChI is InChI=1S/C21H26O7/c1-2-21(23)28-16-14-25-12-11-24-13-15-27-20-8-7-19(26-10-9-22)17-5-3-4-6-18(17)20/h2-8,22H,1,9-16H2. The third-order valence-electron chi connectivity index (χ3n) is 3.69. The summed E-state index contributed by atoms with van der Waals surface area (Å²) in [6.45, 7) is 5.69. The number of aliphatic hydroxyl groups excluding tert-OH is 1. The van der Waals surface area contributed by atoms with Crippen molar-refractivity contribution in [3.05, 3.63) is 49.1 Å². The summed E-state index contributed by atoms with van der Waals surface area (Å²) in [5.41, 5.74) is 0. The molecule has 0 fully saturated rings. The molecular weight excluding hydrogens is 364 g/mol. The average Bonchev–Trinajstić information content (AvgIpc) is 2.73. The Labute approximate surface area is 164 Å². The van der Waals surface area contributed by atoms with E-state index in [0.29, 0.717) is 38.8 Å². The fourth-order valence-corrected chi connectivity index (χ4v) is 2.44. The molecule has 0 spiro atoms. The first kappa shape index (κ1) is 21.7. The maximum atomic E-state index is 10.8. The maximum absolute atomic E-state index is 10.8. The van der Waals surface area contributed by atoms with Crippen molar-refractivity contribution < 1.29 is 33.6 Å². The van der Waals surface area contributed by atoms with Crippen molar-refractivity contribution in [3.8, 4) is 11.5 Å². The Morgan fingerprint density at radius 2 is 1.36 bits per heavy atom. The Morgan fingerprint density at radius 1 is 0.821 bits per heavy atom. The molecule has 2 rings (SSSR count). The third-order valence-corrected chi connectivity index (χ3v) is 3.69. The largest absolute Gasteiger partial charge is 0.491 e. The minimum atomic E-state index is -0.461. The van der Waals surface area contributed by atoms with Crippen molar-refractivity contribution in [2.75, 3.05) is 52.9 Å². The van der Waals surface area contributed by atoms with Crippen LogP contribution < -0.4 is 9.47 Å². The van der Waals surface area contributed by atoms with Crippen LogP contribution in [0.2, 0.25) is 0 Å². The van der Waals surface area contributed by atoms with Crippen LogP contribution in [0.3, 0.4) is 0 Å². The first-order valence-electron chi connectivity index (χ1n) is 9.09. The average molecular weight is 390 g/mol. The molecule has 28 heavy (non-hydrogen) atoms. The summed E-state index contributed by atoms with van der Waals surface area (Å²) >= 11 is 0. The van der Waals surface area contributed by atoms with E-state index in [1.54, 1.807) is 0 Å². The zero-order valence-corrected chi connectivity index (χ0v) is 15.8. The van der Waals surface area contributed by atoms with Crippen LogP contribution in [0.1, 0.15) is 0 Å². The van der Waals surface area contributed by atoms with E-state index in [0.717, 1.165) is 22.6 Å². The van der Waals surface area contributed by atoms with E-state index in [9.17, 15) is 4.79 Å². The van der Waals surface area contributed by atoms with E-state index >= 15 is 0 Å². The third kappa shape index (κ3) is 7.19. The van der Waals surface area contributed by atoms with E-state index in [4.69, 9.17) is 28.8 Å². The van der Waals surface area contributed by atoms with Crippen molar-refractivity contribution >= 4 is 16.7 Å². The number of rotatable bonds is 14. The molecular formula is C21H26O7. The van der Waals surface area contributed by atoms with Gasteiger partial charge in [0, 0.05) is 16.8 Å². The number of benzene rings is 2. The van der Waals surface area contributed by atoms with Crippen molar-refractivity contribution in [2.45, 2.75) is 0 Å².